The zero-order valence-corrected chi connectivity index (χ0v) is 13.5. The molecule has 0 spiro atoms. The Morgan fingerprint density at radius 1 is 1.55 bits per heavy atom. The van der Waals surface area contributed by atoms with Crippen molar-refractivity contribution in [3.05, 3.63) is 23.5 Å². The van der Waals surface area contributed by atoms with Gasteiger partial charge >= 0.3 is 0 Å². The number of thioether (sulfide) groups is 1. The summed E-state index contributed by atoms with van der Waals surface area (Å²) in [5.74, 6) is -0.119. The van der Waals surface area contributed by atoms with E-state index in [-0.39, 0.29) is 11.2 Å². The molecule has 1 aromatic rings. The summed E-state index contributed by atoms with van der Waals surface area (Å²) in [5, 5.41) is 2.80. The van der Waals surface area contributed by atoms with Gasteiger partial charge in [0.05, 0.1) is 10.9 Å². The van der Waals surface area contributed by atoms with Crippen molar-refractivity contribution in [1.82, 2.24) is 9.88 Å². The molecule has 1 aliphatic rings. The van der Waals surface area contributed by atoms with E-state index in [1.165, 1.54) is 24.6 Å². The normalized spacial score (nSPS) is 16.0. The average molecular weight is 330 g/mol. The lowest BCUT2D eigenvalue weighted by Crippen LogP contribution is -2.29. The molecule has 1 saturated heterocycles. The maximum absolute atomic E-state index is 12.1. The van der Waals surface area contributed by atoms with Gasteiger partial charge < -0.3 is 10.2 Å². The van der Waals surface area contributed by atoms with E-state index in [0.717, 1.165) is 17.4 Å². The Kier molecular flexibility index (Phi) is 5.63. The van der Waals surface area contributed by atoms with Gasteiger partial charge in [0.1, 0.15) is 4.32 Å². The molecule has 1 aliphatic heterocycles. The first-order valence-electron chi connectivity index (χ1n) is 6.45. The van der Waals surface area contributed by atoms with Gasteiger partial charge in [-0.15, -0.1) is 0 Å². The molecule has 1 aromatic heterocycles. The zero-order chi connectivity index (χ0) is 14.5. The minimum absolute atomic E-state index is 0.119. The Balaban J connectivity index is 1.88. The standard InChI is InChI=1S/C13H16ClN3OS2/c1-9(20-13(19)17-7-2-3-8-17)12(18)16-10-5-4-6-15-11(10)14/h4-6,9H,2-3,7-8H2,1H3,(H,16,18). The van der Waals surface area contributed by atoms with E-state index in [2.05, 4.69) is 15.2 Å². The van der Waals surface area contributed by atoms with Crippen molar-refractivity contribution in [3.63, 3.8) is 0 Å². The molecule has 1 unspecified atom stereocenters. The highest BCUT2D eigenvalue weighted by molar-refractivity contribution is 8.23. The maximum atomic E-state index is 12.1. The highest BCUT2D eigenvalue weighted by Gasteiger charge is 2.21. The number of carbonyl (C=O) groups excluding carboxylic acids is 1. The summed E-state index contributed by atoms with van der Waals surface area (Å²) in [5.41, 5.74) is 0.527. The lowest BCUT2D eigenvalue weighted by atomic mass is 10.4. The Bertz CT molecular complexity index is 506. The van der Waals surface area contributed by atoms with Crippen LogP contribution in [0.1, 0.15) is 19.8 Å². The van der Waals surface area contributed by atoms with Crippen LogP contribution >= 0.6 is 35.6 Å². The Morgan fingerprint density at radius 3 is 2.90 bits per heavy atom. The molecule has 1 fully saturated rings. The van der Waals surface area contributed by atoms with Gasteiger partial charge in [0, 0.05) is 19.3 Å². The topological polar surface area (TPSA) is 45.2 Å². The lowest BCUT2D eigenvalue weighted by molar-refractivity contribution is -0.115. The summed E-state index contributed by atoms with van der Waals surface area (Å²) in [7, 11) is 0. The van der Waals surface area contributed by atoms with Gasteiger partial charge in [-0.2, -0.15) is 0 Å². The van der Waals surface area contributed by atoms with Crippen molar-refractivity contribution in [2.75, 3.05) is 18.4 Å². The number of nitrogens with zero attached hydrogens (tertiary/aromatic N) is 2. The lowest BCUT2D eigenvalue weighted by Gasteiger charge is -2.20. The molecule has 2 heterocycles. The number of nitrogens with one attached hydrogen (secondary N) is 1. The molecule has 1 atom stereocenters. The minimum Gasteiger partial charge on any atom is -0.358 e. The van der Waals surface area contributed by atoms with Gasteiger partial charge in [0.2, 0.25) is 5.91 Å². The summed E-state index contributed by atoms with van der Waals surface area (Å²) in [4.78, 5) is 18.2. The van der Waals surface area contributed by atoms with Crippen LogP contribution in [0.15, 0.2) is 18.3 Å². The van der Waals surface area contributed by atoms with E-state index in [9.17, 15) is 4.79 Å². The molecular formula is C13H16ClN3OS2. The third kappa shape index (κ3) is 4.07. The van der Waals surface area contributed by atoms with Gasteiger partial charge in [0.25, 0.3) is 0 Å². The van der Waals surface area contributed by atoms with Crippen LogP contribution in [0.5, 0.6) is 0 Å². The first-order valence-corrected chi connectivity index (χ1v) is 8.11. The van der Waals surface area contributed by atoms with Crippen molar-refractivity contribution in [1.29, 1.82) is 0 Å². The number of thiocarbonyl (C=S) groups is 1. The van der Waals surface area contributed by atoms with Crippen molar-refractivity contribution >= 4 is 51.5 Å². The highest BCUT2D eigenvalue weighted by Crippen LogP contribution is 2.23. The van der Waals surface area contributed by atoms with Crippen molar-refractivity contribution in [2.24, 2.45) is 0 Å². The van der Waals surface area contributed by atoms with Crippen molar-refractivity contribution in [3.8, 4) is 0 Å². The summed E-state index contributed by atoms with van der Waals surface area (Å²) in [6.45, 7) is 3.83. The molecule has 20 heavy (non-hydrogen) atoms. The van der Waals surface area contributed by atoms with Crippen LogP contribution in [-0.2, 0) is 4.79 Å². The average Bonchev–Trinajstić information content (AvgIpc) is 2.95. The van der Waals surface area contributed by atoms with Gasteiger partial charge in [-0.1, -0.05) is 35.6 Å². The number of anilines is 1. The molecular weight excluding hydrogens is 314 g/mol. The quantitative estimate of drug-likeness (QED) is 0.681. The highest BCUT2D eigenvalue weighted by atomic mass is 35.5. The largest absolute Gasteiger partial charge is 0.358 e. The molecule has 0 bridgehead atoms. The van der Waals surface area contributed by atoms with E-state index in [0.29, 0.717) is 10.8 Å². The molecule has 1 N–H and O–H groups in total. The van der Waals surface area contributed by atoms with Crippen molar-refractivity contribution < 1.29 is 4.79 Å². The number of carbonyl (C=O) groups is 1. The second-order valence-corrected chi connectivity index (χ2v) is 6.88. The third-order valence-corrected chi connectivity index (χ3v) is 4.90. The summed E-state index contributed by atoms with van der Waals surface area (Å²) in [6, 6.07) is 3.46. The first kappa shape index (κ1) is 15.5. The number of aromatic nitrogens is 1. The van der Waals surface area contributed by atoms with Gasteiger partial charge in [0.15, 0.2) is 5.15 Å². The Morgan fingerprint density at radius 2 is 2.25 bits per heavy atom. The number of likely N-dealkylation sites (tertiary alicyclic amines) is 1. The molecule has 2 rings (SSSR count). The van der Waals surface area contributed by atoms with Crippen LogP contribution in [0.4, 0.5) is 5.69 Å². The van der Waals surface area contributed by atoms with Crippen LogP contribution in [0.3, 0.4) is 0 Å². The van der Waals surface area contributed by atoms with Gasteiger partial charge in [-0.25, -0.2) is 4.98 Å². The number of halogens is 1. The molecule has 0 aliphatic carbocycles. The Hall–Kier alpha value is -0.850. The number of hydrogen-bond donors (Lipinski definition) is 1. The summed E-state index contributed by atoms with van der Waals surface area (Å²) >= 11 is 12.7. The van der Waals surface area contributed by atoms with Gasteiger partial charge in [-0.05, 0) is 31.9 Å². The molecule has 7 heteroatoms. The van der Waals surface area contributed by atoms with E-state index < -0.39 is 0 Å². The Labute approximate surface area is 133 Å². The second-order valence-electron chi connectivity index (χ2n) is 4.55. The predicted molar refractivity (Wildman–Crippen MR) is 88.3 cm³/mol. The molecule has 0 radical (unpaired) electrons. The fraction of sp³-hybridized carbons (Fsp3) is 0.462. The molecule has 0 aromatic carbocycles. The zero-order valence-electron chi connectivity index (χ0n) is 11.1. The molecule has 1 amide bonds. The first-order chi connectivity index (χ1) is 9.58. The SMILES string of the molecule is CC(SC(=S)N1CCCC1)C(=O)Nc1cccnc1Cl. The molecule has 0 saturated carbocycles. The summed E-state index contributed by atoms with van der Waals surface area (Å²) < 4.78 is 0.794. The van der Waals surface area contributed by atoms with E-state index in [1.54, 1.807) is 18.3 Å². The van der Waals surface area contributed by atoms with E-state index in [1.807, 2.05) is 6.92 Å². The van der Waals surface area contributed by atoms with Gasteiger partial charge in [-0.3, -0.25) is 4.79 Å². The fourth-order valence-corrected chi connectivity index (χ4v) is 3.47. The number of hydrogen-bond acceptors (Lipinski definition) is 4. The monoisotopic (exact) mass is 329 g/mol. The van der Waals surface area contributed by atoms with Crippen LogP contribution in [0.2, 0.25) is 5.15 Å². The van der Waals surface area contributed by atoms with E-state index >= 15 is 0 Å². The number of pyridine rings is 1. The third-order valence-electron chi connectivity index (χ3n) is 3.03. The summed E-state index contributed by atoms with van der Waals surface area (Å²) in [6.07, 6.45) is 3.93. The van der Waals surface area contributed by atoms with Crippen LogP contribution in [0, 0.1) is 0 Å². The fourth-order valence-electron chi connectivity index (χ4n) is 1.89. The smallest absolute Gasteiger partial charge is 0.237 e. The number of amides is 1. The van der Waals surface area contributed by atoms with E-state index in [4.69, 9.17) is 23.8 Å². The van der Waals surface area contributed by atoms with Crippen LogP contribution in [0.25, 0.3) is 0 Å². The predicted octanol–water partition coefficient (Wildman–Crippen LogP) is 3.18. The molecule has 4 nitrogen and oxygen atoms in total. The number of rotatable bonds is 3. The second kappa shape index (κ2) is 7.24. The van der Waals surface area contributed by atoms with Crippen LogP contribution in [-0.4, -0.2) is 38.5 Å². The van der Waals surface area contributed by atoms with Crippen molar-refractivity contribution in [2.45, 2.75) is 25.0 Å². The molecule has 108 valence electrons. The minimum atomic E-state index is -0.264. The van der Waals surface area contributed by atoms with Crippen LogP contribution < -0.4 is 5.32 Å². The maximum Gasteiger partial charge on any atom is 0.237 e.